The number of carbonyl (C=O) groups is 1. The van der Waals surface area contributed by atoms with E-state index < -0.39 is 17.6 Å². The SMILES string of the molecule is COC(=O)C(C)=CCOc1cc(F)ccc1F. The number of benzene rings is 1. The molecule has 0 N–H and O–H groups in total. The lowest BCUT2D eigenvalue weighted by atomic mass is 10.3. The number of halogens is 2. The highest BCUT2D eigenvalue weighted by Gasteiger charge is 2.05. The Morgan fingerprint density at radius 2 is 2.12 bits per heavy atom. The van der Waals surface area contributed by atoms with Crippen LogP contribution >= 0.6 is 0 Å². The van der Waals surface area contributed by atoms with Gasteiger partial charge in [-0.05, 0) is 25.1 Å². The van der Waals surface area contributed by atoms with Gasteiger partial charge >= 0.3 is 5.97 Å². The average Bonchev–Trinajstić information content (AvgIpc) is 2.32. The number of hydrogen-bond donors (Lipinski definition) is 0. The summed E-state index contributed by atoms with van der Waals surface area (Å²) in [5.41, 5.74) is 0.337. The molecular weight excluding hydrogens is 230 g/mol. The zero-order valence-corrected chi connectivity index (χ0v) is 9.50. The number of rotatable bonds is 4. The van der Waals surface area contributed by atoms with Crippen molar-refractivity contribution in [2.45, 2.75) is 6.92 Å². The van der Waals surface area contributed by atoms with Gasteiger partial charge in [-0.1, -0.05) is 0 Å². The Hall–Kier alpha value is -1.91. The maximum Gasteiger partial charge on any atom is 0.333 e. The molecule has 0 aromatic heterocycles. The van der Waals surface area contributed by atoms with E-state index in [1.807, 2.05) is 0 Å². The first-order chi connectivity index (χ1) is 8.04. The second-order valence-electron chi connectivity index (χ2n) is 3.26. The van der Waals surface area contributed by atoms with Crippen molar-refractivity contribution >= 4 is 5.97 Å². The second kappa shape index (κ2) is 5.98. The Balaban J connectivity index is 2.62. The molecule has 0 radical (unpaired) electrons. The van der Waals surface area contributed by atoms with E-state index in [1.54, 1.807) is 0 Å². The van der Waals surface area contributed by atoms with E-state index >= 15 is 0 Å². The largest absolute Gasteiger partial charge is 0.486 e. The Labute approximate surface area is 97.7 Å². The molecule has 17 heavy (non-hydrogen) atoms. The number of esters is 1. The summed E-state index contributed by atoms with van der Waals surface area (Å²) in [4.78, 5) is 11.0. The third-order valence-corrected chi connectivity index (χ3v) is 2.03. The van der Waals surface area contributed by atoms with Gasteiger partial charge in [-0.3, -0.25) is 0 Å². The van der Waals surface area contributed by atoms with Crippen molar-refractivity contribution in [3.63, 3.8) is 0 Å². The fourth-order valence-corrected chi connectivity index (χ4v) is 1.09. The molecule has 1 aromatic rings. The Kier molecular flexibility index (Phi) is 4.63. The summed E-state index contributed by atoms with van der Waals surface area (Å²) in [6.45, 7) is 1.50. The van der Waals surface area contributed by atoms with Gasteiger partial charge in [0.15, 0.2) is 11.6 Å². The molecule has 0 saturated heterocycles. The molecule has 1 aromatic carbocycles. The molecule has 0 spiro atoms. The third kappa shape index (κ3) is 3.86. The Bertz CT molecular complexity index is 441. The quantitative estimate of drug-likeness (QED) is 0.601. The van der Waals surface area contributed by atoms with Crippen molar-refractivity contribution in [3.05, 3.63) is 41.5 Å². The first-order valence-electron chi connectivity index (χ1n) is 4.87. The Morgan fingerprint density at radius 1 is 1.41 bits per heavy atom. The van der Waals surface area contributed by atoms with Crippen molar-refractivity contribution in [3.8, 4) is 5.75 Å². The minimum Gasteiger partial charge on any atom is -0.486 e. The van der Waals surface area contributed by atoms with Gasteiger partial charge in [0, 0.05) is 11.6 Å². The van der Waals surface area contributed by atoms with Crippen LogP contribution < -0.4 is 4.74 Å². The van der Waals surface area contributed by atoms with Crippen LogP contribution in [-0.4, -0.2) is 19.7 Å². The average molecular weight is 242 g/mol. The summed E-state index contributed by atoms with van der Waals surface area (Å²) in [5, 5.41) is 0. The molecule has 0 amide bonds. The molecule has 0 aliphatic rings. The van der Waals surface area contributed by atoms with Crippen LogP contribution in [0.5, 0.6) is 5.75 Å². The zero-order valence-electron chi connectivity index (χ0n) is 9.50. The van der Waals surface area contributed by atoms with Crippen LogP contribution in [0.4, 0.5) is 8.78 Å². The summed E-state index contributed by atoms with van der Waals surface area (Å²) < 4.78 is 35.3. The molecule has 0 atom stereocenters. The lowest BCUT2D eigenvalue weighted by molar-refractivity contribution is -0.136. The van der Waals surface area contributed by atoms with Gasteiger partial charge in [0.25, 0.3) is 0 Å². The predicted molar refractivity (Wildman–Crippen MR) is 57.6 cm³/mol. The van der Waals surface area contributed by atoms with Crippen LogP contribution in [0.25, 0.3) is 0 Å². The predicted octanol–water partition coefficient (Wildman–Crippen LogP) is 2.46. The lowest BCUT2D eigenvalue weighted by Gasteiger charge is -2.05. The van der Waals surface area contributed by atoms with Crippen LogP contribution in [-0.2, 0) is 9.53 Å². The number of ether oxygens (including phenoxy) is 2. The van der Waals surface area contributed by atoms with E-state index in [-0.39, 0.29) is 12.4 Å². The van der Waals surface area contributed by atoms with Gasteiger partial charge in [-0.25, -0.2) is 13.6 Å². The normalized spacial score (nSPS) is 11.2. The summed E-state index contributed by atoms with van der Waals surface area (Å²) in [6.07, 6.45) is 1.43. The summed E-state index contributed by atoms with van der Waals surface area (Å²) in [5.74, 6) is -1.93. The molecule has 3 nitrogen and oxygen atoms in total. The maximum atomic E-state index is 13.1. The van der Waals surface area contributed by atoms with Gasteiger partial charge in [0.1, 0.15) is 12.4 Å². The van der Waals surface area contributed by atoms with Crippen molar-refractivity contribution in [1.82, 2.24) is 0 Å². The molecule has 1 rings (SSSR count). The maximum absolute atomic E-state index is 13.1. The van der Waals surface area contributed by atoms with Gasteiger partial charge in [0.2, 0.25) is 0 Å². The van der Waals surface area contributed by atoms with Crippen LogP contribution in [0, 0.1) is 11.6 Å². The highest BCUT2D eigenvalue weighted by atomic mass is 19.1. The summed E-state index contributed by atoms with van der Waals surface area (Å²) in [7, 11) is 1.26. The monoisotopic (exact) mass is 242 g/mol. The van der Waals surface area contributed by atoms with Gasteiger partial charge in [0.05, 0.1) is 7.11 Å². The molecule has 5 heteroatoms. The van der Waals surface area contributed by atoms with Gasteiger partial charge in [-0.15, -0.1) is 0 Å². The van der Waals surface area contributed by atoms with E-state index in [9.17, 15) is 13.6 Å². The molecule has 0 fully saturated rings. The zero-order chi connectivity index (χ0) is 12.8. The number of carbonyl (C=O) groups excluding carboxylic acids is 1. The molecule has 0 heterocycles. The molecule has 0 bridgehead atoms. The van der Waals surface area contributed by atoms with Gasteiger partial charge in [-0.2, -0.15) is 0 Å². The van der Waals surface area contributed by atoms with E-state index in [4.69, 9.17) is 4.74 Å². The van der Waals surface area contributed by atoms with Crippen molar-refractivity contribution in [2.24, 2.45) is 0 Å². The third-order valence-electron chi connectivity index (χ3n) is 2.03. The highest BCUT2D eigenvalue weighted by molar-refractivity contribution is 5.87. The van der Waals surface area contributed by atoms with Crippen molar-refractivity contribution in [2.75, 3.05) is 13.7 Å². The van der Waals surface area contributed by atoms with Crippen molar-refractivity contribution in [1.29, 1.82) is 0 Å². The second-order valence-corrected chi connectivity index (χ2v) is 3.26. The van der Waals surface area contributed by atoms with E-state index in [2.05, 4.69) is 4.74 Å². The Morgan fingerprint density at radius 3 is 2.76 bits per heavy atom. The first-order valence-corrected chi connectivity index (χ1v) is 4.87. The topological polar surface area (TPSA) is 35.5 Å². The minimum atomic E-state index is -0.657. The number of hydrogen-bond acceptors (Lipinski definition) is 3. The fourth-order valence-electron chi connectivity index (χ4n) is 1.09. The summed E-state index contributed by atoms with van der Waals surface area (Å²) >= 11 is 0. The van der Waals surface area contributed by atoms with Crippen LogP contribution in [0.2, 0.25) is 0 Å². The van der Waals surface area contributed by atoms with Crippen LogP contribution in [0.3, 0.4) is 0 Å². The highest BCUT2D eigenvalue weighted by Crippen LogP contribution is 2.17. The number of methoxy groups -OCH3 is 1. The van der Waals surface area contributed by atoms with Gasteiger partial charge < -0.3 is 9.47 Å². The summed E-state index contributed by atoms with van der Waals surface area (Å²) in [6, 6.07) is 2.91. The van der Waals surface area contributed by atoms with E-state index in [0.29, 0.717) is 5.57 Å². The van der Waals surface area contributed by atoms with E-state index in [1.165, 1.54) is 20.1 Å². The van der Waals surface area contributed by atoms with E-state index in [0.717, 1.165) is 18.2 Å². The molecule has 0 unspecified atom stereocenters. The molecule has 0 saturated carbocycles. The minimum absolute atomic E-state index is 0.0404. The standard InChI is InChI=1S/C12H12F2O3/c1-8(12(15)16-2)5-6-17-11-7-9(13)3-4-10(11)14/h3-5,7H,6H2,1-2H3. The van der Waals surface area contributed by atoms with Crippen LogP contribution in [0.1, 0.15) is 6.92 Å². The molecule has 0 aliphatic heterocycles. The smallest absolute Gasteiger partial charge is 0.333 e. The van der Waals surface area contributed by atoms with Crippen molar-refractivity contribution < 1.29 is 23.0 Å². The molecule has 0 aliphatic carbocycles. The molecule has 92 valence electrons. The lowest BCUT2D eigenvalue weighted by Crippen LogP contribution is -2.04. The van der Waals surface area contributed by atoms with Crippen LogP contribution in [0.15, 0.2) is 29.8 Å². The molecular formula is C12H12F2O3. The first kappa shape index (κ1) is 13.2. The fraction of sp³-hybridized carbons (Fsp3) is 0.250.